The molecule has 15 rings (SSSR count). The van der Waals surface area contributed by atoms with Gasteiger partial charge in [-0.05, 0) is 136 Å². The first kappa shape index (κ1) is 42.9. The first-order valence-electron chi connectivity index (χ1n) is 25.9. The van der Waals surface area contributed by atoms with Gasteiger partial charge in [0.2, 0.25) is 0 Å². The van der Waals surface area contributed by atoms with Crippen LogP contribution in [0.1, 0.15) is 0 Å². The van der Waals surface area contributed by atoms with E-state index in [1.807, 2.05) is 0 Å². The molecule has 0 amide bonds. The molecule has 75 heavy (non-hydrogen) atoms. The Hall–Kier alpha value is -9.70. The molecule has 0 saturated heterocycles. The van der Waals surface area contributed by atoms with Gasteiger partial charge >= 0.3 is 0 Å². The fourth-order valence-corrected chi connectivity index (χ4v) is 12.4. The lowest BCUT2D eigenvalue weighted by Crippen LogP contribution is -2.58. The van der Waals surface area contributed by atoms with E-state index >= 15 is 0 Å². The van der Waals surface area contributed by atoms with E-state index < -0.39 is 0 Å². The van der Waals surface area contributed by atoms with Crippen molar-refractivity contribution >= 4 is 44.9 Å². The number of benzene rings is 12. The molecule has 1 aromatic heterocycles. The average Bonchev–Trinajstić information content (AvgIpc) is 4.02. The lowest BCUT2D eigenvalue weighted by atomic mass is 9.34. The maximum atomic E-state index is 7.52. The molecule has 0 spiro atoms. The van der Waals surface area contributed by atoms with Crippen molar-refractivity contribution in [3.8, 4) is 106 Å². The summed E-state index contributed by atoms with van der Waals surface area (Å²) in [5.41, 5.74) is 25.9. The van der Waals surface area contributed by atoms with Crippen molar-refractivity contribution in [1.82, 2.24) is 4.57 Å². The van der Waals surface area contributed by atoms with Crippen molar-refractivity contribution < 1.29 is 4.74 Å². The van der Waals surface area contributed by atoms with E-state index in [-0.39, 0.29) is 6.71 Å². The fraction of sp³-hybridized carbons (Fsp3) is 0. The summed E-state index contributed by atoms with van der Waals surface area (Å²) < 4.78 is 10.0. The van der Waals surface area contributed by atoms with Gasteiger partial charge in [-0.3, -0.25) is 0 Å². The summed E-state index contributed by atoms with van der Waals surface area (Å²) in [5.74, 6) is 1.77. The minimum absolute atomic E-state index is 0.173. The van der Waals surface area contributed by atoms with Gasteiger partial charge in [0, 0.05) is 27.5 Å². The lowest BCUT2D eigenvalue weighted by molar-refractivity contribution is 0.489. The van der Waals surface area contributed by atoms with Gasteiger partial charge in [0.25, 0.3) is 6.71 Å². The topological polar surface area (TPSA) is 14.2 Å². The monoisotopic (exact) mass is 951 g/mol. The number of fused-ring (bicyclic) bond motifs is 7. The molecule has 0 bridgehead atoms. The highest BCUT2D eigenvalue weighted by Gasteiger charge is 2.42. The maximum Gasteiger partial charge on any atom is 0.256 e. The molecule has 0 saturated carbocycles. The molecule has 2 aliphatic heterocycles. The second-order valence-electron chi connectivity index (χ2n) is 19.8. The van der Waals surface area contributed by atoms with Gasteiger partial charge in [0.05, 0.1) is 5.52 Å². The van der Waals surface area contributed by atoms with Crippen molar-refractivity contribution in [1.29, 1.82) is 0 Å². The molecule has 0 fully saturated rings. The third kappa shape index (κ3) is 6.97. The van der Waals surface area contributed by atoms with Crippen molar-refractivity contribution in [2.75, 3.05) is 0 Å². The van der Waals surface area contributed by atoms with Crippen LogP contribution in [0.2, 0.25) is 0 Å². The van der Waals surface area contributed by atoms with Crippen molar-refractivity contribution in [2.45, 2.75) is 0 Å². The van der Waals surface area contributed by atoms with Crippen LogP contribution in [-0.4, -0.2) is 11.3 Å². The van der Waals surface area contributed by atoms with Crippen LogP contribution in [0.15, 0.2) is 279 Å². The molecule has 0 radical (unpaired) electrons. The van der Waals surface area contributed by atoms with Gasteiger partial charge in [-0.15, -0.1) is 0 Å². The van der Waals surface area contributed by atoms with E-state index in [0.29, 0.717) is 0 Å². The molecule has 0 unspecified atom stereocenters. The van der Waals surface area contributed by atoms with Crippen LogP contribution in [0.4, 0.5) is 0 Å². The molecule has 348 valence electrons. The Kier molecular flexibility index (Phi) is 10.0. The highest BCUT2D eigenvalue weighted by Crippen LogP contribution is 2.47. The predicted octanol–water partition coefficient (Wildman–Crippen LogP) is 17.1. The smallest absolute Gasteiger partial charge is 0.256 e. The highest BCUT2D eigenvalue weighted by atomic mass is 16.5. The van der Waals surface area contributed by atoms with Crippen LogP contribution in [0.5, 0.6) is 11.5 Å². The molecular formula is C72H46BNO. The highest BCUT2D eigenvalue weighted by molar-refractivity contribution is 6.99. The Balaban J connectivity index is 1.05. The minimum atomic E-state index is -0.173. The zero-order valence-corrected chi connectivity index (χ0v) is 41.0. The number of hydrogen-bond donors (Lipinski definition) is 0. The van der Waals surface area contributed by atoms with Crippen LogP contribution < -0.4 is 21.1 Å². The standard InChI is InChI=1S/C72H46BNO/c1-5-22-47(23-6-1)54-30-13-16-34-58(54)51-40-41-67-62(42-51)63-43-52(59-35-17-14-31-55(59)48-24-7-2-8-25-48)45-65-71(63)74(67)68-38-21-39-69-70(68)73(65)66-46-53(60-36-18-15-32-56(60)49-26-9-3-10-27-49)44-64(72(66)75-69)61-37-20-19-33-57(61)50-28-11-4-12-29-50/h1-46H. The van der Waals surface area contributed by atoms with Gasteiger partial charge in [0.15, 0.2) is 0 Å². The minimum Gasteiger partial charge on any atom is -0.458 e. The van der Waals surface area contributed by atoms with Crippen LogP contribution in [-0.2, 0) is 0 Å². The summed E-state index contributed by atoms with van der Waals surface area (Å²) in [5, 5.41) is 2.44. The molecular weight excluding hydrogens is 906 g/mol. The third-order valence-electron chi connectivity index (χ3n) is 15.7. The molecule has 13 aromatic rings. The van der Waals surface area contributed by atoms with E-state index in [1.165, 1.54) is 93.9 Å². The van der Waals surface area contributed by atoms with Gasteiger partial charge in [-0.25, -0.2) is 0 Å². The average molecular weight is 952 g/mol. The second kappa shape index (κ2) is 17.5. The van der Waals surface area contributed by atoms with E-state index in [1.54, 1.807) is 0 Å². The summed E-state index contributed by atoms with van der Waals surface area (Å²) in [4.78, 5) is 0. The van der Waals surface area contributed by atoms with E-state index in [2.05, 4.69) is 284 Å². The molecule has 12 aromatic carbocycles. The van der Waals surface area contributed by atoms with Crippen molar-refractivity contribution in [3.05, 3.63) is 279 Å². The normalized spacial score (nSPS) is 12.1. The number of hydrogen-bond acceptors (Lipinski definition) is 1. The second-order valence-corrected chi connectivity index (χ2v) is 19.8. The molecule has 0 aliphatic carbocycles. The Morgan fingerprint density at radius 3 is 1.21 bits per heavy atom. The number of rotatable bonds is 8. The fourth-order valence-electron chi connectivity index (χ4n) is 12.4. The summed E-state index contributed by atoms with van der Waals surface area (Å²) in [7, 11) is 0. The quantitative estimate of drug-likeness (QED) is 0.138. The van der Waals surface area contributed by atoms with Crippen LogP contribution in [0.3, 0.4) is 0 Å². The predicted molar refractivity (Wildman–Crippen MR) is 315 cm³/mol. The summed E-state index contributed by atoms with van der Waals surface area (Å²) in [6.45, 7) is -0.173. The Bertz CT molecular complexity index is 4370. The summed E-state index contributed by atoms with van der Waals surface area (Å²) in [6, 6.07) is 102. The first-order valence-corrected chi connectivity index (χ1v) is 25.9. The van der Waals surface area contributed by atoms with Crippen LogP contribution >= 0.6 is 0 Å². The summed E-state index contributed by atoms with van der Waals surface area (Å²) in [6.07, 6.45) is 0. The van der Waals surface area contributed by atoms with E-state index in [9.17, 15) is 0 Å². The third-order valence-corrected chi connectivity index (χ3v) is 15.7. The maximum absolute atomic E-state index is 7.52. The molecule has 0 N–H and O–H groups in total. The summed E-state index contributed by atoms with van der Waals surface area (Å²) >= 11 is 0. The van der Waals surface area contributed by atoms with Crippen molar-refractivity contribution in [2.24, 2.45) is 0 Å². The largest absolute Gasteiger partial charge is 0.458 e. The van der Waals surface area contributed by atoms with Gasteiger partial charge < -0.3 is 9.30 Å². The molecule has 3 heterocycles. The Labute approximate surface area is 437 Å². The molecule has 0 atom stereocenters. The van der Waals surface area contributed by atoms with Crippen LogP contribution in [0.25, 0.3) is 117 Å². The van der Waals surface area contributed by atoms with Gasteiger partial charge in [-0.1, -0.05) is 243 Å². The Morgan fingerprint density at radius 1 is 0.280 bits per heavy atom. The van der Waals surface area contributed by atoms with Gasteiger partial charge in [0.1, 0.15) is 11.5 Å². The SMILES string of the molecule is c1ccc(-c2ccccc2-c2cc3c(c(-c4ccccc4-c4ccccc4)c2)Oc2cccc4c2B3c2cc(-c3ccccc3-c3ccccc3)cc3c5cc(-c6ccccc6-c6ccccc6)ccc5n-4c23)cc1. The van der Waals surface area contributed by atoms with E-state index in [4.69, 9.17) is 4.74 Å². The molecule has 3 heteroatoms. The number of aromatic nitrogens is 1. The van der Waals surface area contributed by atoms with E-state index in [0.717, 1.165) is 50.5 Å². The molecule has 2 aliphatic rings. The first-order chi connectivity index (χ1) is 37.2. The molecule has 2 nitrogen and oxygen atoms in total. The van der Waals surface area contributed by atoms with Gasteiger partial charge in [-0.2, -0.15) is 0 Å². The number of nitrogens with zero attached hydrogens (tertiary/aromatic N) is 1. The number of ether oxygens (including phenoxy) is 1. The zero-order valence-electron chi connectivity index (χ0n) is 41.0. The zero-order chi connectivity index (χ0) is 49.4. The lowest BCUT2D eigenvalue weighted by Gasteiger charge is -2.35. The van der Waals surface area contributed by atoms with Crippen molar-refractivity contribution in [3.63, 3.8) is 0 Å². The Morgan fingerprint density at radius 2 is 0.693 bits per heavy atom. The van der Waals surface area contributed by atoms with Crippen LogP contribution in [0, 0.1) is 0 Å².